The highest BCUT2D eigenvalue weighted by molar-refractivity contribution is 8.76. The fraction of sp³-hybridized carbons (Fsp3) is 1.00. The Hall–Kier alpha value is 0.660. The smallest absolute Gasteiger partial charge is 0.0439 e. The summed E-state index contributed by atoms with van der Waals surface area (Å²) in [5.41, 5.74) is 0. The van der Waals surface area contributed by atoms with Crippen LogP contribution in [0.2, 0.25) is 0 Å². The first-order valence-electron chi connectivity index (χ1n) is 4.74. The van der Waals surface area contributed by atoms with Gasteiger partial charge in [0.1, 0.15) is 0 Å². The molecular formula is C9H20OS2. The van der Waals surface area contributed by atoms with E-state index in [1.165, 1.54) is 19.3 Å². The van der Waals surface area contributed by atoms with Gasteiger partial charge in [-0.15, -0.1) is 0 Å². The van der Waals surface area contributed by atoms with Crippen LogP contribution >= 0.6 is 21.6 Å². The zero-order valence-electron chi connectivity index (χ0n) is 8.08. The second-order valence-corrected chi connectivity index (χ2v) is 5.60. The van der Waals surface area contributed by atoms with Gasteiger partial charge in [-0.25, -0.2) is 0 Å². The third-order valence-electron chi connectivity index (χ3n) is 1.66. The monoisotopic (exact) mass is 208 g/mol. The van der Waals surface area contributed by atoms with Crippen LogP contribution in [0, 0.1) is 0 Å². The van der Waals surface area contributed by atoms with Crippen molar-refractivity contribution in [2.24, 2.45) is 0 Å². The van der Waals surface area contributed by atoms with Crippen LogP contribution in [-0.2, 0) is 0 Å². The van der Waals surface area contributed by atoms with Crippen LogP contribution in [-0.4, -0.2) is 22.7 Å². The second kappa shape index (κ2) is 9.75. The molecule has 3 heteroatoms. The van der Waals surface area contributed by atoms with Gasteiger partial charge in [-0.05, 0) is 19.3 Å². The SMILES string of the molecule is CCCC(CC)SSCCCO. The van der Waals surface area contributed by atoms with Crippen LogP contribution in [0.15, 0.2) is 0 Å². The van der Waals surface area contributed by atoms with Crippen molar-refractivity contribution < 1.29 is 5.11 Å². The Bertz CT molecular complexity index is 88.6. The van der Waals surface area contributed by atoms with Crippen LogP contribution in [0.4, 0.5) is 0 Å². The van der Waals surface area contributed by atoms with Crippen molar-refractivity contribution in [2.75, 3.05) is 12.4 Å². The summed E-state index contributed by atoms with van der Waals surface area (Å²) in [5, 5.41) is 9.39. The van der Waals surface area contributed by atoms with Crippen molar-refractivity contribution in [3.63, 3.8) is 0 Å². The summed E-state index contributed by atoms with van der Waals surface area (Å²) in [6.07, 6.45) is 4.81. The topological polar surface area (TPSA) is 20.2 Å². The molecule has 12 heavy (non-hydrogen) atoms. The molecule has 0 saturated carbocycles. The summed E-state index contributed by atoms with van der Waals surface area (Å²) < 4.78 is 0. The highest BCUT2D eigenvalue weighted by atomic mass is 33.1. The van der Waals surface area contributed by atoms with Gasteiger partial charge in [0, 0.05) is 17.6 Å². The predicted molar refractivity (Wildman–Crippen MR) is 60.7 cm³/mol. The maximum Gasteiger partial charge on any atom is 0.0439 e. The molecule has 1 N–H and O–H groups in total. The molecule has 1 atom stereocenters. The molecule has 0 bridgehead atoms. The average molecular weight is 208 g/mol. The van der Waals surface area contributed by atoms with Crippen molar-refractivity contribution in [1.29, 1.82) is 0 Å². The molecule has 0 aliphatic rings. The van der Waals surface area contributed by atoms with Gasteiger partial charge >= 0.3 is 0 Å². The standard InChI is InChI=1S/C9H20OS2/c1-3-6-9(4-2)12-11-8-5-7-10/h9-10H,3-8H2,1-2H3. The summed E-state index contributed by atoms with van der Waals surface area (Å²) in [6, 6.07) is 0. The lowest BCUT2D eigenvalue weighted by Gasteiger charge is -2.11. The fourth-order valence-electron chi connectivity index (χ4n) is 0.910. The molecule has 0 spiro atoms. The molecule has 0 rings (SSSR count). The zero-order chi connectivity index (χ0) is 9.23. The van der Waals surface area contributed by atoms with Gasteiger partial charge in [0.25, 0.3) is 0 Å². The highest BCUT2D eigenvalue weighted by Gasteiger charge is 2.04. The van der Waals surface area contributed by atoms with Crippen molar-refractivity contribution in [2.45, 2.75) is 44.8 Å². The quantitative estimate of drug-likeness (QED) is 0.488. The van der Waals surface area contributed by atoms with E-state index in [1.807, 2.05) is 21.6 Å². The molecule has 0 amide bonds. The molecule has 74 valence electrons. The van der Waals surface area contributed by atoms with E-state index in [-0.39, 0.29) is 0 Å². The van der Waals surface area contributed by atoms with E-state index >= 15 is 0 Å². The summed E-state index contributed by atoms with van der Waals surface area (Å²) in [6.45, 7) is 4.82. The minimum atomic E-state index is 0.331. The van der Waals surface area contributed by atoms with Gasteiger partial charge < -0.3 is 5.11 Å². The Balaban J connectivity index is 3.19. The van der Waals surface area contributed by atoms with E-state index in [4.69, 9.17) is 5.11 Å². The first-order valence-corrected chi connectivity index (χ1v) is 7.12. The highest BCUT2D eigenvalue weighted by Crippen LogP contribution is 2.31. The third kappa shape index (κ3) is 7.32. The molecule has 0 aromatic carbocycles. The maximum atomic E-state index is 8.57. The molecule has 0 heterocycles. The Kier molecular flexibility index (Phi) is 10.3. The number of rotatable bonds is 8. The lowest BCUT2D eigenvalue weighted by Crippen LogP contribution is -1.97. The number of aliphatic hydroxyl groups excluding tert-OH is 1. The maximum absolute atomic E-state index is 8.57. The number of hydrogen-bond acceptors (Lipinski definition) is 3. The summed E-state index contributed by atoms with van der Waals surface area (Å²) in [5.74, 6) is 1.08. The summed E-state index contributed by atoms with van der Waals surface area (Å²) >= 11 is 0. The second-order valence-electron chi connectivity index (χ2n) is 2.81. The zero-order valence-corrected chi connectivity index (χ0v) is 9.72. The van der Waals surface area contributed by atoms with E-state index in [2.05, 4.69) is 13.8 Å². The molecule has 0 fully saturated rings. The minimum Gasteiger partial charge on any atom is -0.396 e. The summed E-state index contributed by atoms with van der Waals surface area (Å²) in [4.78, 5) is 0. The van der Waals surface area contributed by atoms with E-state index in [0.29, 0.717) is 6.61 Å². The lowest BCUT2D eigenvalue weighted by molar-refractivity contribution is 0.296. The first-order chi connectivity index (χ1) is 5.85. The van der Waals surface area contributed by atoms with Crippen LogP contribution in [0.1, 0.15) is 39.5 Å². The van der Waals surface area contributed by atoms with Gasteiger partial charge in [-0.1, -0.05) is 41.9 Å². The van der Waals surface area contributed by atoms with Crippen LogP contribution < -0.4 is 0 Å². The van der Waals surface area contributed by atoms with Crippen LogP contribution in [0.5, 0.6) is 0 Å². The van der Waals surface area contributed by atoms with Crippen LogP contribution in [0.25, 0.3) is 0 Å². The van der Waals surface area contributed by atoms with E-state index in [0.717, 1.165) is 17.4 Å². The number of aliphatic hydroxyl groups is 1. The molecule has 0 radical (unpaired) electrons. The Morgan fingerprint density at radius 1 is 1.33 bits per heavy atom. The predicted octanol–water partition coefficient (Wildman–Crippen LogP) is 3.33. The van der Waals surface area contributed by atoms with Gasteiger partial charge in [-0.2, -0.15) is 0 Å². The van der Waals surface area contributed by atoms with Crippen molar-refractivity contribution in [3.8, 4) is 0 Å². The number of hydrogen-bond donors (Lipinski definition) is 1. The van der Waals surface area contributed by atoms with E-state index in [1.54, 1.807) is 0 Å². The first kappa shape index (κ1) is 12.7. The molecule has 0 aromatic rings. The molecular weight excluding hydrogens is 188 g/mol. The van der Waals surface area contributed by atoms with Gasteiger partial charge in [-0.3, -0.25) is 0 Å². The molecule has 0 saturated heterocycles. The minimum absolute atomic E-state index is 0.331. The van der Waals surface area contributed by atoms with E-state index < -0.39 is 0 Å². The molecule has 0 aromatic heterocycles. The van der Waals surface area contributed by atoms with E-state index in [9.17, 15) is 0 Å². The average Bonchev–Trinajstić information content (AvgIpc) is 2.10. The van der Waals surface area contributed by atoms with Gasteiger partial charge in [0.15, 0.2) is 0 Å². The molecule has 1 nitrogen and oxygen atoms in total. The van der Waals surface area contributed by atoms with Crippen molar-refractivity contribution in [1.82, 2.24) is 0 Å². The van der Waals surface area contributed by atoms with Gasteiger partial charge in [0.2, 0.25) is 0 Å². The molecule has 1 unspecified atom stereocenters. The van der Waals surface area contributed by atoms with Crippen LogP contribution in [0.3, 0.4) is 0 Å². The normalized spacial score (nSPS) is 13.2. The molecule has 0 aliphatic carbocycles. The van der Waals surface area contributed by atoms with Crippen molar-refractivity contribution in [3.05, 3.63) is 0 Å². The lowest BCUT2D eigenvalue weighted by atomic mass is 10.2. The van der Waals surface area contributed by atoms with Crippen molar-refractivity contribution >= 4 is 21.6 Å². The molecule has 0 aliphatic heterocycles. The Morgan fingerprint density at radius 2 is 2.08 bits per heavy atom. The fourth-order valence-corrected chi connectivity index (χ4v) is 3.83. The Labute approximate surface area is 84.1 Å². The summed E-state index contributed by atoms with van der Waals surface area (Å²) in [7, 11) is 3.90. The van der Waals surface area contributed by atoms with Gasteiger partial charge in [0.05, 0.1) is 0 Å². The Morgan fingerprint density at radius 3 is 2.58 bits per heavy atom. The third-order valence-corrected chi connectivity index (χ3v) is 4.81. The largest absolute Gasteiger partial charge is 0.396 e.